The van der Waals surface area contributed by atoms with Gasteiger partial charge >= 0.3 is 0 Å². The summed E-state index contributed by atoms with van der Waals surface area (Å²) in [5, 5.41) is 6.16. The number of rotatable bonds is 3. The summed E-state index contributed by atoms with van der Waals surface area (Å²) >= 11 is 0. The predicted octanol–water partition coefficient (Wildman–Crippen LogP) is 4.84. The van der Waals surface area contributed by atoms with Crippen molar-refractivity contribution in [2.75, 3.05) is 5.01 Å². The lowest BCUT2D eigenvalue weighted by molar-refractivity contribution is -0.114. The summed E-state index contributed by atoms with van der Waals surface area (Å²) in [6.45, 7) is 2.07. The fourth-order valence-electron chi connectivity index (χ4n) is 3.80. The Morgan fingerprint density at radius 3 is 2.48 bits per heavy atom. The Labute approximate surface area is 169 Å². The quantitative estimate of drug-likeness (QED) is 0.610. The summed E-state index contributed by atoms with van der Waals surface area (Å²) in [6, 6.07) is 25.4. The van der Waals surface area contributed by atoms with Crippen molar-refractivity contribution in [3.63, 3.8) is 0 Å². The summed E-state index contributed by atoms with van der Waals surface area (Å²) in [7, 11) is 0. The van der Waals surface area contributed by atoms with Crippen molar-refractivity contribution in [2.45, 2.75) is 19.4 Å². The van der Waals surface area contributed by atoms with Crippen molar-refractivity contribution in [3.8, 4) is 5.75 Å². The molecule has 1 amide bonds. The van der Waals surface area contributed by atoms with E-state index in [2.05, 4.69) is 18.1 Å². The second-order valence-corrected chi connectivity index (χ2v) is 7.32. The van der Waals surface area contributed by atoms with Gasteiger partial charge in [0.15, 0.2) is 0 Å². The maximum atomic E-state index is 13.3. The number of hydrogen-bond donors (Lipinski definition) is 0. The number of ether oxygens (including phenoxy) is 1. The van der Waals surface area contributed by atoms with Gasteiger partial charge in [-0.25, -0.2) is 0 Å². The molecular formula is C25H20N2O2. The maximum absolute atomic E-state index is 13.3. The van der Waals surface area contributed by atoms with E-state index >= 15 is 0 Å². The van der Waals surface area contributed by atoms with Gasteiger partial charge in [0.25, 0.3) is 5.91 Å². The molecule has 3 aromatic rings. The zero-order valence-corrected chi connectivity index (χ0v) is 16.1. The minimum atomic E-state index is -0.125. The van der Waals surface area contributed by atoms with E-state index in [1.165, 1.54) is 10.6 Å². The lowest BCUT2D eigenvalue weighted by Gasteiger charge is -2.11. The molecule has 3 aromatic carbocycles. The van der Waals surface area contributed by atoms with Crippen LogP contribution in [0.25, 0.3) is 6.08 Å². The highest BCUT2D eigenvalue weighted by molar-refractivity contribution is 6.37. The summed E-state index contributed by atoms with van der Waals surface area (Å²) in [5.41, 5.74) is 5.10. The Morgan fingerprint density at radius 1 is 1.00 bits per heavy atom. The van der Waals surface area contributed by atoms with Gasteiger partial charge in [-0.15, -0.1) is 0 Å². The van der Waals surface area contributed by atoms with Gasteiger partial charge < -0.3 is 4.74 Å². The molecule has 0 N–H and O–H groups in total. The normalized spacial score (nSPS) is 19.3. The van der Waals surface area contributed by atoms with Crippen molar-refractivity contribution in [3.05, 3.63) is 101 Å². The highest BCUT2D eigenvalue weighted by Crippen LogP contribution is 2.32. The molecule has 2 aliphatic rings. The van der Waals surface area contributed by atoms with Crippen LogP contribution in [0.15, 0.2) is 89.5 Å². The molecule has 0 aliphatic carbocycles. The number of carbonyl (C=O) groups is 1. The van der Waals surface area contributed by atoms with Gasteiger partial charge in [0.2, 0.25) is 0 Å². The minimum absolute atomic E-state index is 0.125. The van der Waals surface area contributed by atoms with E-state index in [4.69, 9.17) is 4.74 Å². The molecule has 4 heteroatoms. The number of carbonyl (C=O) groups excluding carboxylic acids is 1. The van der Waals surface area contributed by atoms with Crippen molar-refractivity contribution in [2.24, 2.45) is 5.10 Å². The van der Waals surface area contributed by atoms with Crippen LogP contribution in [-0.2, 0) is 11.2 Å². The Balaban J connectivity index is 1.59. The standard InChI is InChI=1S/C25H20N2O2/c1-17-14-20-15-18(12-13-23(20)29-17)16-22-24(19-8-4-2-5-9-19)26-27(25(22)28)21-10-6-3-7-11-21/h2-13,15-17H,14H2,1H3/b22-16-/t17-/m1/s1. The van der Waals surface area contributed by atoms with Crippen LogP contribution in [-0.4, -0.2) is 17.7 Å². The highest BCUT2D eigenvalue weighted by atomic mass is 16.5. The number of fused-ring (bicyclic) bond motifs is 1. The van der Waals surface area contributed by atoms with E-state index < -0.39 is 0 Å². The smallest absolute Gasteiger partial charge is 0.281 e. The monoisotopic (exact) mass is 380 g/mol. The van der Waals surface area contributed by atoms with Gasteiger partial charge in [-0.1, -0.05) is 54.6 Å². The van der Waals surface area contributed by atoms with Crippen LogP contribution in [0.4, 0.5) is 5.69 Å². The molecule has 29 heavy (non-hydrogen) atoms. The first-order chi connectivity index (χ1) is 14.2. The summed E-state index contributed by atoms with van der Waals surface area (Å²) in [6.07, 6.45) is 3.01. The maximum Gasteiger partial charge on any atom is 0.281 e. The van der Waals surface area contributed by atoms with Crippen molar-refractivity contribution < 1.29 is 9.53 Å². The van der Waals surface area contributed by atoms with Crippen molar-refractivity contribution >= 4 is 23.4 Å². The molecular weight excluding hydrogens is 360 g/mol. The predicted molar refractivity (Wildman–Crippen MR) is 115 cm³/mol. The number of hydrazone groups is 1. The van der Waals surface area contributed by atoms with E-state index in [9.17, 15) is 4.79 Å². The minimum Gasteiger partial charge on any atom is -0.490 e. The molecule has 0 aromatic heterocycles. The average molecular weight is 380 g/mol. The van der Waals surface area contributed by atoms with E-state index in [1.54, 1.807) is 0 Å². The average Bonchev–Trinajstić information content (AvgIpc) is 3.28. The SMILES string of the molecule is C[C@@H]1Cc2cc(/C=C3\C(=O)N(c4ccccc4)N=C3c3ccccc3)ccc2O1. The fraction of sp³-hybridized carbons (Fsp3) is 0.120. The summed E-state index contributed by atoms with van der Waals surface area (Å²) < 4.78 is 5.80. The third-order valence-corrected chi connectivity index (χ3v) is 5.16. The van der Waals surface area contributed by atoms with Crippen LogP contribution in [0.5, 0.6) is 5.75 Å². The van der Waals surface area contributed by atoms with E-state index in [-0.39, 0.29) is 12.0 Å². The van der Waals surface area contributed by atoms with Gasteiger partial charge in [-0.2, -0.15) is 10.1 Å². The zero-order valence-electron chi connectivity index (χ0n) is 16.1. The third kappa shape index (κ3) is 3.23. The molecule has 2 aliphatic heterocycles. The Kier molecular flexibility index (Phi) is 4.24. The molecule has 0 bridgehead atoms. The van der Waals surface area contributed by atoms with Crippen molar-refractivity contribution in [1.82, 2.24) is 0 Å². The van der Waals surface area contributed by atoms with Gasteiger partial charge in [-0.05, 0) is 48.4 Å². The summed E-state index contributed by atoms with van der Waals surface area (Å²) in [5.74, 6) is 0.806. The molecule has 4 nitrogen and oxygen atoms in total. The Bertz CT molecular complexity index is 1130. The van der Waals surface area contributed by atoms with Crippen LogP contribution >= 0.6 is 0 Å². The first kappa shape index (κ1) is 17.4. The lowest BCUT2D eigenvalue weighted by Crippen LogP contribution is -2.21. The molecule has 0 spiro atoms. The van der Waals surface area contributed by atoms with Gasteiger partial charge in [-0.3, -0.25) is 4.79 Å². The lowest BCUT2D eigenvalue weighted by atomic mass is 9.99. The molecule has 142 valence electrons. The van der Waals surface area contributed by atoms with E-state index in [1.807, 2.05) is 78.9 Å². The Hall–Kier alpha value is -3.66. The molecule has 0 saturated heterocycles. The number of para-hydroxylation sites is 1. The number of amides is 1. The third-order valence-electron chi connectivity index (χ3n) is 5.16. The van der Waals surface area contributed by atoms with Gasteiger partial charge in [0.1, 0.15) is 17.6 Å². The van der Waals surface area contributed by atoms with Crippen LogP contribution in [0.2, 0.25) is 0 Å². The number of benzene rings is 3. The Morgan fingerprint density at radius 2 is 1.72 bits per heavy atom. The number of anilines is 1. The summed E-state index contributed by atoms with van der Waals surface area (Å²) in [4.78, 5) is 13.3. The van der Waals surface area contributed by atoms with Gasteiger partial charge in [0.05, 0.1) is 11.3 Å². The van der Waals surface area contributed by atoms with Crippen molar-refractivity contribution in [1.29, 1.82) is 0 Å². The first-order valence-corrected chi connectivity index (χ1v) is 9.74. The van der Waals surface area contributed by atoms with Crippen LogP contribution in [0.1, 0.15) is 23.6 Å². The van der Waals surface area contributed by atoms with E-state index in [0.29, 0.717) is 11.3 Å². The first-order valence-electron chi connectivity index (χ1n) is 9.74. The molecule has 0 radical (unpaired) electrons. The molecule has 0 saturated carbocycles. The fourth-order valence-corrected chi connectivity index (χ4v) is 3.80. The molecule has 0 unspecified atom stereocenters. The largest absolute Gasteiger partial charge is 0.490 e. The number of nitrogens with zero attached hydrogens (tertiary/aromatic N) is 2. The topological polar surface area (TPSA) is 41.9 Å². The molecule has 1 atom stereocenters. The van der Waals surface area contributed by atoms with Crippen LogP contribution < -0.4 is 9.75 Å². The second kappa shape index (κ2) is 7.06. The van der Waals surface area contributed by atoms with Crippen LogP contribution in [0, 0.1) is 0 Å². The highest BCUT2D eigenvalue weighted by Gasteiger charge is 2.32. The van der Waals surface area contributed by atoms with Crippen LogP contribution in [0.3, 0.4) is 0 Å². The molecule has 2 heterocycles. The zero-order chi connectivity index (χ0) is 19.8. The van der Waals surface area contributed by atoms with E-state index in [0.717, 1.165) is 29.0 Å². The second-order valence-electron chi connectivity index (χ2n) is 7.32. The molecule has 0 fully saturated rings. The molecule has 5 rings (SSSR count). The van der Waals surface area contributed by atoms with Gasteiger partial charge in [0, 0.05) is 12.0 Å². The number of hydrogen-bond acceptors (Lipinski definition) is 3.